The van der Waals surface area contributed by atoms with E-state index >= 15 is 0 Å². The number of thioether (sulfide) groups is 2. The number of carbonyl (C=O) groups excluding carboxylic acids is 6. The van der Waals surface area contributed by atoms with Crippen LogP contribution in [0.15, 0.2) is 84.9 Å². The molecule has 4 aliphatic heterocycles. The van der Waals surface area contributed by atoms with Gasteiger partial charge in [-0.2, -0.15) is 0 Å². The fourth-order valence-corrected chi connectivity index (χ4v) is 13.9. The highest BCUT2D eigenvalue weighted by Gasteiger charge is 2.56. The number of fused-ring (bicyclic) bond motifs is 2. The van der Waals surface area contributed by atoms with Crippen LogP contribution in [0.3, 0.4) is 0 Å². The maximum atomic E-state index is 14.5. The quantitative estimate of drug-likeness (QED) is 0.0821. The van der Waals surface area contributed by atoms with Crippen LogP contribution in [0.4, 0.5) is 0 Å². The molecule has 3 aromatic carbocycles. The lowest BCUT2D eigenvalue weighted by Gasteiger charge is -2.35. The maximum Gasteiger partial charge on any atom is 0.247 e. The zero-order chi connectivity index (χ0) is 53.5. The first-order valence-corrected chi connectivity index (χ1v) is 28.3. The zero-order valence-corrected chi connectivity index (χ0v) is 46.8. The van der Waals surface area contributed by atoms with E-state index in [4.69, 9.17) is 24.4 Å². The molecular formula is C54H72N10O6S4. The summed E-state index contributed by atoms with van der Waals surface area (Å²) in [7, 11) is 3.61. The maximum absolute atomic E-state index is 14.5. The van der Waals surface area contributed by atoms with Gasteiger partial charge in [0, 0.05) is 13.1 Å². The summed E-state index contributed by atoms with van der Waals surface area (Å²) in [5.74, 6) is -0.569. The SMILES string of the molecule is CN[C@@H](C)C(=S)N[C@H]1CCS[C@H]2CC(C)(C)C(C(=O)N[C@H](C(=O)NCc3ccc(CNC(=O)[C@@H](NC(=O)[C@H]4N5C(=O)[C@@H](NC(=S)[C@H](C)NC)CCS[C@H]5CC4(C)C)c4ccccc4)cc3)c3ccccc3)N2C1=O. The predicted octanol–water partition coefficient (Wildman–Crippen LogP) is 4.60. The normalized spacial score (nSPS) is 24.6. The summed E-state index contributed by atoms with van der Waals surface area (Å²) in [6.45, 7) is 12.1. The first kappa shape index (κ1) is 56.6. The lowest BCUT2D eigenvalue weighted by Crippen LogP contribution is -2.58. The van der Waals surface area contributed by atoms with Crippen molar-refractivity contribution in [3.05, 3.63) is 107 Å². The van der Waals surface area contributed by atoms with Crippen LogP contribution in [0.25, 0.3) is 0 Å². The van der Waals surface area contributed by atoms with Gasteiger partial charge in [-0.05, 0) is 98.2 Å². The highest BCUT2D eigenvalue weighted by molar-refractivity contribution is 8.00. The van der Waals surface area contributed by atoms with Gasteiger partial charge in [0.25, 0.3) is 0 Å². The lowest BCUT2D eigenvalue weighted by molar-refractivity contribution is -0.143. The molecule has 16 nitrogen and oxygen atoms in total. The van der Waals surface area contributed by atoms with E-state index in [1.807, 2.05) is 102 Å². The van der Waals surface area contributed by atoms with Crippen molar-refractivity contribution in [3.8, 4) is 0 Å². The summed E-state index contributed by atoms with van der Waals surface area (Å²) >= 11 is 14.5. The van der Waals surface area contributed by atoms with Crippen molar-refractivity contribution in [2.75, 3.05) is 25.6 Å². The Balaban J connectivity index is 0.994. The van der Waals surface area contributed by atoms with Crippen molar-refractivity contribution < 1.29 is 28.8 Å². The van der Waals surface area contributed by atoms with Gasteiger partial charge in [-0.25, -0.2) is 0 Å². The van der Waals surface area contributed by atoms with E-state index in [1.165, 1.54) is 0 Å². The van der Waals surface area contributed by atoms with Crippen molar-refractivity contribution in [2.45, 2.75) is 139 Å². The van der Waals surface area contributed by atoms with Gasteiger partial charge < -0.3 is 52.3 Å². The summed E-state index contributed by atoms with van der Waals surface area (Å²) in [6.07, 6.45) is 2.37. The molecule has 4 saturated heterocycles. The number of likely N-dealkylation sites (N-methyl/N-ethyl adjacent to an activating group) is 2. The van der Waals surface area contributed by atoms with Gasteiger partial charge >= 0.3 is 0 Å². The highest BCUT2D eigenvalue weighted by atomic mass is 32.2. The molecule has 4 heterocycles. The van der Waals surface area contributed by atoms with Crippen molar-refractivity contribution in [2.24, 2.45) is 10.8 Å². The molecule has 0 aromatic heterocycles. The van der Waals surface area contributed by atoms with Crippen LogP contribution in [-0.4, -0.2) is 128 Å². The molecule has 8 N–H and O–H groups in total. The van der Waals surface area contributed by atoms with Crippen LogP contribution in [0.5, 0.6) is 0 Å². The van der Waals surface area contributed by atoms with Crippen LogP contribution in [0.2, 0.25) is 0 Å². The smallest absolute Gasteiger partial charge is 0.247 e. The summed E-state index contributed by atoms with van der Waals surface area (Å²) < 4.78 is 0. The lowest BCUT2D eigenvalue weighted by atomic mass is 9.83. The molecule has 1 unspecified atom stereocenters. The molecule has 398 valence electrons. The zero-order valence-electron chi connectivity index (χ0n) is 43.5. The van der Waals surface area contributed by atoms with E-state index < -0.39 is 70.7 Å². The molecule has 20 heteroatoms. The van der Waals surface area contributed by atoms with Crippen molar-refractivity contribution in [3.63, 3.8) is 0 Å². The predicted molar refractivity (Wildman–Crippen MR) is 301 cm³/mol. The average molecular weight is 1090 g/mol. The molecule has 4 aliphatic rings. The Morgan fingerprint density at radius 1 is 0.595 bits per heavy atom. The number of nitrogens with one attached hydrogen (secondary N) is 8. The second kappa shape index (κ2) is 24.7. The Kier molecular flexibility index (Phi) is 18.9. The summed E-state index contributed by atoms with van der Waals surface area (Å²) in [6, 6.07) is 20.3. The van der Waals surface area contributed by atoms with Crippen LogP contribution < -0.4 is 42.5 Å². The molecule has 0 aliphatic carbocycles. The third-order valence-electron chi connectivity index (χ3n) is 14.7. The van der Waals surface area contributed by atoms with Gasteiger partial charge in [0.15, 0.2) is 0 Å². The van der Waals surface area contributed by atoms with Gasteiger partial charge in [-0.1, -0.05) is 137 Å². The minimum Gasteiger partial charge on any atom is -0.367 e. The fourth-order valence-electron chi connectivity index (χ4n) is 10.3. The Morgan fingerprint density at radius 3 is 1.28 bits per heavy atom. The average Bonchev–Trinajstić information content (AvgIpc) is 3.71. The van der Waals surface area contributed by atoms with E-state index in [2.05, 4.69) is 42.5 Å². The molecule has 0 bridgehead atoms. The highest BCUT2D eigenvalue weighted by Crippen LogP contribution is 2.48. The Hall–Kier alpha value is -5.12. The molecule has 4 fully saturated rings. The number of hydrogen-bond donors (Lipinski definition) is 8. The number of amides is 6. The molecule has 0 spiro atoms. The Bertz CT molecular complexity index is 2370. The number of hydrogen-bond acceptors (Lipinski definition) is 12. The monoisotopic (exact) mass is 1080 g/mol. The standard InChI is InChI=1S/C54H72N10O6S4/c1-31(55-7)49(71)59-37-23-25-73-39-27-53(3,4)43(63(39)51(37)69)47(67)61-41(35-15-11-9-12-16-35)45(65)57-29-33-19-21-34(22-20-33)30-58-46(66)42(36-17-13-10-14-18-36)62-48(68)44-54(5,6)28-40-64(44)52(70)38(24-26-74-40)60-50(72)32(2)56-8/h9-22,31-32,37-44,55-56H,23-30H2,1-8H3,(H,57,65)(H,58,66)(H,59,71)(H,60,72)(H,61,67)(H,62,68)/t31-,32-,37-,38-,39-,40-,41-,42-,43+,44?/m0/s1. The van der Waals surface area contributed by atoms with Crippen LogP contribution in [0, 0.1) is 10.8 Å². The molecule has 7 rings (SSSR count). The number of rotatable bonds is 18. The number of benzene rings is 3. The summed E-state index contributed by atoms with van der Waals surface area (Å²) in [5, 5.41) is 24.4. The van der Waals surface area contributed by atoms with Crippen LogP contribution >= 0.6 is 48.0 Å². The van der Waals surface area contributed by atoms with E-state index in [-0.39, 0.29) is 47.7 Å². The van der Waals surface area contributed by atoms with Gasteiger partial charge in [-0.15, -0.1) is 23.5 Å². The van der Waals surface area contributed by atoms with Gasteiger partial charge in [-0.3, -0.25) is 28.8 Å². The Labute approximate surface area is 455 Å². The van der Waals surface area contributed by atoms with E-state index in [0.717, 1.165) is 22.6 Å². The topological polar surface area (TPSA) is 205 Å². The van der Waals surface area contributed by atoms with Gasteiger partial charge in [0.05, 0.1) is 32.8 Å². The Morgan fingerprint density at radius 2 is 0.946 bits per heavy atom. The first-order valence-electron chi connectivity index (χ1n) is 25.4. The second-order valence-corrected chi connectivity index (χ2v) is 24.5. The molecule has 0 saturated carbocycles. The van der Waals surface area contributed by atoms with Crippen molar-refractivity contribution in [1.29, 1.82) is 0 Å². The first-order chi connectivity index (χ1) is 35.2. The van der Waals surface area contributed by atoms with Gasteiger partial charge in [0.2, 0.25) is 35.4 Å². The van der Waals surface area contributed by atoms with Crippen molar-refractivity contribution >= 4 is 93.4 Å². The second-order valence-electron chi connectivity index (χ2n) is 21.0. The van der Waals surface area contributed by atoms with Crippen LogP contribution in [-0.2, 0) is 41.9 Å². The third-order valence-corrected chi connectivity index (χ3v) is 18.1. The molecule has 3 aromatic rings. The minimum absolute atomic E-state index is 0.134. The van der Waals surface area contributed by atoms with Gasteiger partial charge in [0.1, 0.15) is 36.3 Å². The minimum atomic E-state index is -1.05. The molecule has 74 heavy (non-hydrogen) atoms. The summed E-state index contributed by atoms with van der Waals surface area (Å²) in [5.41, 5.74) is 1.59. The largest absolute Gasteiger partial charge is 0.367 e. The molecule has 0 radical (unpaired) electrons. The molecular weight excluding hydrogens is 1010 g/mol. The number of carbonyl (C=O) groups is 6. The van der Waals surface area contributed by atoms with Crippen molar-refractivity contribution in [1.82, 2.24) is 52.3 Å². The van der Waals surface area contributed by atoms with Crippen LogP contribution in [0.1, 0.15) is 102 Å². The fraction of sp³-hybridized carbons (Fsp3) is 0.519. The number of thiocarbonyl (C=S) groups is 2. The van der Waals surface area contributed by atoms with E-state index in [9.17, 15) is 28.8 Å². The molecule has 10 atom stereocenters. The van der Waals surface area contributed by atoms with E-state index in [1.54, 1.807) is 71.7 Å². The number of nitrogens with zero attached hydrogens (tertiary/aromatic N) is 2. The molecule has 6 amide bonds. The third kappa shape index (κ3) is 13.1. The summed E-state index contributed by atoms with van der Waals surface area (Å²) in [4.78, 5) is 90.4. The van der Waals surface area contributed by atoms with E-state index in [0.29, 0.717) is 46.8 Å².